The van der Waals surface area contributed by atoms with Gasteiger partial charge in [-0.25, -0.2) is 0 Å². The monoisotopic (exact) mass is 362 g/mol. The van der Waals surface area contributed by atoms with E-state index < -0.39 is 0 Å². The van der Waals surface area contributed by atoms with Crippen LogP contribution in [0.15, 0.2) is 67.0 Å². The number of nitrogens with zero attached hydrogens (tertiary/aromatic N) is 3. The number of aromatic nitrogens is 2. The maximum atomic E-state index is 5.60. The van der Waals surface area contributed by atoms with Crippen molar-refractivity contribution in [3.05, 3.63) is 83.7 Å². The zero-order valence-electron chi connectivity index (χ0n) is 15.7. The number of ether oxygens (including phenoxy) is 1. The van der Waals surface area contributed by atoms with E-state index >= 15 is 0 Å². The molecule has 2 aromatic carbocycles. The minimum atomic E-state index is 0.298. The van der Waals surface area contributed by atoms with Gasteiger partial charge >= 0.3 is 0 Å². The van der Waals surface area contributed by atoms with Crippen LogP contribution in [0.3, 0.4) is 0 Å². The molecule has 0 spiro atoms. The van der Waals surface area contributed by atoms with Gasteiger partial charge < -0.3 is 10.1 Å². The summed E-state index contributed by atoms with van der Waals surface area (Å²) in [5, 5.41) is 8.08. The van der Waals surface area contributed by atoms with Crippen LogP contribution in [0.1, 0.15) is 22.7 Å². The first-order valence-corrected chi connectivity index (χ1v) is 9.46. The summed E-state index contributed by atoms with van der Waals surface area (Å²) in [6.07, 6.45) is 4.15. The Morgan fingerprint density at radius 1 is 1.04 bits per heavy atom. The Bertz CT molecular complexity index is 862. The van der Waals surface area contributed by atoms with Gasteiger partial charge in [0.25, 0.3) is 0 Å². The normalized spacial score (nSPS) is 17.7. The quantitative estimate of drug-likeness (QED) is 0.732. The number of methoxy groups -OCH3 is 1. The lowest BCUT2D eigenvalue weighted by atomic mass is 10.0. The van der Waals surface area contributed by atoms with Crippen LogP contribution < -0.4 is 10.1 Å². The Morgan fingerprint density at radius 3 is 2.70 bits per heavy atom. The fraction of sp³-hybridized carbons (Fsp3) is 0.318. The zero-order chi connectivity index (χ0) is 18.5. The van der Waals surface area contributed by atoms with Gasteiger partial charge in [-0.05, 0) is 11.6 Å². The molecule has 1 unspecified atom stereocenters. The molecule has 27 heavy (non-hydrogen) atoms. The zero-order valence-corrected chi connectivity index (χ0v) is 15.7. The third-order valence-electron chi connectivity index (χ3n) is 5.11. The van der Waals surface area contributed by atoms with Crippen LogP contribution >= 0.6 is 0 Å². The van der Waals surface area contributed by atoms with E-state index in [2.05, 4.69) is 57.9 Å². The fourth-order valence-electron chi connectivity index (χ4n) is 3.76. The molecule has 0 radical (unpaired) electrons. The second-order valence-electron chi connectivity index (χ2n) is 6.96. The van der Waals surface area contributed by atoms with Crippen LogP contribution in [0.25, 0.3) is 0 Å². The maximum absolute atomic E-state index is 5.60. The molecule has 0 amide bonds. The molecule has 0 saturated carbocycles. The van der Waals surface area contributed by atoms with Crippen molar-refractivity contribution < 1.29 is 4.74 Å². The molecule has 1 saturated heterocycles. The first-order valence-electron chi connectivity index (χ1n) is 9.46. The van der Waals surface area contributed by atoms with Gasteiger partial charge in [0.15, 0.2) is 0 Å². The Hall–Kier alpha value is -2.63. The van der Waals surface area contributed by atoms with E-state index in [1.165, 1.54) is 16.7 Å². The predicted octanol–water partition coefficient (Wildman–Crippen LogP) is 3.09. The van der Waals surface area contributed by atoms with Crippen molar-refractivity contribution in [3.8, 4) is 5.75 Å². The summed E-state index contributed by atoms with van der Waals surface area (Å²) in [7, 11) is 1.74. The maximum Gasteiger partial charge on any atom is 0.123 e. The van der Waals surface area contributed by atoms with Gasteiger partial charge in [0, 0.05) is 43.5 Å². The lowest BCUT2D eigenvalue weighted by Crippen LogP contribution is -2.45. The van der Waals surface area contributed by atoms with Gasteiger partial charge in [-0.3, -0.25) is 9.58 Å². The highest BCUT2D eigenvalue weighted by Crippen LogP contribution is 2.31. The summed E-state index contributed by atoms with van der Waals surface area (Å²) in [6, 6.07) is 19.1. The molecule has 0 aliphatic carbocycles. The van der Waals surface area contributed by atoms with Crippen LogP contribution in [0.4, 0.5) is 0 Å². The lowest BCUT2D eigenvalue weighted by molar-refractivity contribution is 0.151. The third kappa shape index (κ3) is 4.21. The summed E-state index contributed by atoms with van der Waals surface area (Å²) in [6.45, 7) is 4.63. The first kappa shape index (κ1) is 17.8. The van der Waals surface area contributed by atoms with Gasteiger partial charge in [0.05, 0.1) is 25.9 Å². The van der Waals surface area contributed by atoms with Gasteiger partial charge in [0.1, 0.15) is 5.75 Å². The Balaban J connectivity index is 1.49. The molecule has 1 aromatic heterocycles. The largest absolute Gasteiger partial charge is 0.496 e. The minimum Gasteiger partial charge on any atom is -0.496 e. The van der Waals surface area contributed by atoms with Crippen molar-refractivity contribution in [2.75, 3.05) is 26.7 Å². The van der Waals surface area contributed by atoms with E-state index in [-0.39, 0.29) is 0 Å². The highest BCUT2D eigenvalue weighted by Gasteiger charge is 2.26. The lowest BCUT2D eigenvalue weighted by Gasteiger charge is -2.36. The average Bonchev–Trinajstić information content (AvgIpc) is 3.16. The third-order valence-corrected chi connectivity index (χ3v) is 5.11. The summed E-state index contributed by atoms with van der Waals surface area (Å²) >= 11 is 0. The van der Waals surface area contributed by atoms with Crippen LogP contribution in [0.2, 0.25) is 0 Å². The van der Waals surface area contributed by atoms with E-state index in [0.29, 0.717) is 6.04 Å². The highest BCUT2D eigenvalue weighted by atomic mass is 16.5. The van der Waals surface area contributed by atoms with Crippen molar-refractivity contribution in [1.82, 2.24) is 20.0 Å². The Morgan fingerprint density at radius 2 is 1.85 bits per heavy atom. The van der Waals surface area contributed by atoms with Crippen molar-refractivity contribution in [3.63, 3.8) is 0 Å². The molecule has 2 heterocycles. The molecular formula is C22H26N4O. The number of hydrogen-bond acceptors (Lipinski definition) is 4. The molecule has 1 atom stereocenters. The number of para-hydroxylation sites is 1. The smallest absolute Gasteiger partial charge is 0.123 e. The van der Waals surface area contributed by atoms with Gasteiger partial charge in [-0.15, -0.1) is 0 Å². The number of rotatable bonds is 6. The van der Waals surface area contributed by atoms with Crippen LogP contribution in [-0.4, -0.2) is 41.4 Å². The summed E-state index contributed by atoms with van der Waals surface area (Å²) in [5.41, 5.74) is 3.75. The topological polar surface area (TPSA) is 42.3 Å². The molecule has 1 aliphatic rings. The van der Waals surface area contributed by atoms with Crippen molar-refractivity contribution in [2.45, 2.75) is 19.1 Å². The van der Waals surface area contributed by atoms with Crippen LogP contribution in [0.5, 0.6) is 5.75 Å². The number of hydrogen-bond donors (Lipinski definition) is 1. The second-order valence-corrected chi connectivity index (χ2v) is 6.96. The molecule has 5 nitrogen and oxygen atoms in total. The standard InChI is InChI=1S/C22H26N4O/c1-27-22-10-6-5-9-20(22)21-14-23-11-12-25(21)15-19-13-24-26(17-19)16-18-7-3-2-4-8-18/h2-10,13,17,21,23H,11-12,14-16H2,1H3. The molecule has 1 fully saturated rings. The van der Waals surface area contributed by atoms with Gasteiger partial charge in [-0.1, -0.05) is 48.5 Å². The second kappa shape index (κ2) is 8.37. The van der Waals surface area contributed by atoms with Crippen molar-refractivity contribution >= 4 is 0 Å². The molecule has 140 valence electrons. The van der Waals surface area contributed by atoms with Crippen LogP contribution in [-0.2, 0) is 13.1 Å². The number of benzene rings is 2. The van der Waals surface area contributed by atoms with Crippen molar-refractivity contribution in [2.24, 2.45) is 0 Å². The van der Waals surface area contributed by atoms with E-state index in [4.69, 9.17) is 4.74 Å². The average molecular weight is 362 g/mol. The summed E-state index contributed by atoms with van der Waals surface area (Å²) < 4.78 is 7.62. The fourth-order valence-corrected chi connectivity index (χ4v) is 3.76. The molecule has 3 aromatic rings. The van der Waals surface area contributed by atoms with Gasteiger partial charge in [0.2, 0.25) is 0 Å². The first-order chi connectivity index (χ1) is 13.3. The molecule has 5 heteroatoms. The molecule has 0 bridgehead atoms. The highest BCUT2D eigenvalue weighted by molar-refractivity contribution is 5.36. The summed E-state index contributed by atoms with van der Waals surface area (Å²) in [5.74, 6) is 0.955. The van der Waals surface area contributed by atoms with E-state index in [0.717, 1.165) is 38.5 Å². The molecule has 1 aliphatic heterocycles. The minimum absolute atomic E-state index is 0.298. The van der Waals surface area contributed by atoms with E-state index in [1.807, 2.05) is 29.1 Å². The number of piperazine rings is 1. The van der Waals surface area contributed by atoms with Crippen molar-refractivity contribution in [1.29, 1.82) is 0 Å². The molecular weight excluding hydrogens is 336 g/mol. The predicted molar refractivity (Wildman–Crippen MR) is 107 cm³/mol. The summed E-state index contributed by atoms with van der Waals surface area (Å²) in [4.78, 5) is 2.51. The Labute approximate surface area is 160 Å². The van der Waals surface area contributed by atoms with Gasteiger partial charge in [-0.2, -0.15) is 5.10 Å². The van der Waals surface area contributed by atoms with Crippen LogP contribution in [0, 0.1) is 0 Å². The molecule has 1 N–H and O–H groups in total. The number of nitrogens with one attached hydrogen (secondary N) is 1. The Kier molecular flexibility index (Phi) is 5.51. The van der Waals surface area contributed by atoms with E-state index in [1.54, 1.807) is 7.11 Å². The van der Waals surface area contributed by atoms with E-state index in [9.17, 15) is 0 Å². The molecule has 4 rings (SSSR count). The SMILES string of the molecule is COc1ccccc1C1CNCCN1Cc1cnn(Cc2ccccc2)c1.